The lowest BCUT2D eigenvalue weighted by molar-refractivity contribution is 0.194. The second-order valence-corrected chi connectivity index (χ2v) is 7.29. The fourth-order valence-corrected chi connectivity index (χ4v) is 3.91. The highest BCUT2D eigenvalue weighted by Gasteiger charge is 2.22. The molecule has 1 aliphatic heterocycles. The molecule has 4 rings (SSSR count). The zero-order chi connectivity index (χ0) is 18.5. The molecule has 0 spiro atoms. The Morgan fingerprint density at radius 2 is 1.89 bits per heavy atom. The number of rotatable bonds is 5. The van der Waals surface area contributed by atoms with Crippen molar-refractivity contribution < 1.29 is 4.79 Å². The number of carbonyl (C=O) groups is 1. The average molecular weight is 382 g/mol. The molecule has 2 amide bonds. The number of hydrogen-bond donors (Lipinski definition) is 1. The predicted molar refractivity (Wildman–Crippen MR) is 106 cm³/mol. The van der Waals surface area contributed by atoms with E-state index in [-0.39, 0.29) is 6.03 Å². The van der Waals surface area contributed by atoms with Gasteiger partial charge in [0.05, 0.1) is 6.54 Å². The van der Waals surface area contributed by atoms with Crippen LogP contribution in [-0.2, 0) is 13.1 Å². The molecular formula is C19H22N6OS. The predicted octanol–water partition coefficient (Wildman–Crippen LogP) is 2.42. The van der Waals surface area contributed by atoms with Gasteiger partial charge in [-0.3, -0.25) is 4.68 Å². The Balaban J connectivity index is 1.31. The van der Waals surface area contributed by atoms with Gasteiger partial charge in [-0.25, -0.2) is 9.78 Å². The minimum atomic E-state index is -0.0114. The van der Waals surface area contributed by atoms with Gasteiger partial charge in [0.15, 0.2) is 5.13 Å². The first-order valence-corrected chi connectivity index (χ1v) is 9.89. The summed E-state index contributed by atoms with van der Waals surface area (Å²) in [5, 5.41) is 10.3. The van der Waals surface area contributed by atoms with Crippen LogP contribution in [0.5, 0.6) is 0 Å². The zero-order valence-corrected chi connectivity index (χ0v) is 15.8. The lowest BCUT2D eigenvalue weighted by atomic mass is 10.1. The third kappa shape index (κ3) is 4.28. The van der Waals surface area contributed by atoms with Crippen molar-refractivity contribution >= 4 is 22.5 Å². The van der Waals surface area contributed by atoms with Gasteiger partial charge in [-0.2, -0.15) is 5.10 Å². The molecule has 0 unspecified atom stereocenters. The highest BCUT2D eigenvalue weighted by molar-refractivity contribution is 7.13. The number of urea groups is 1. The lowest BCUT2D eigenvalue weighted by Gasteiger charge is -2.34. The highest BCUT2D eigenvalue weighted by Crippen LogP contribution is 2.19. The van der Waals surface area contributed by atoms with Crippen molar-refractivity contribution in [1.82, 2.24) is 25.0 Å². The number of thiazole rings is 1. The summed E-state index contributed by atoms with van der Waals surface area (Å²) in [5.74, 6) is 0. The van der Waals surface area contributed by atoms with Crippen molar-refractivity contribution in [2.45, 2.75) is 13.1 Å². The Labute approximate surface area is 162 Å². The molecule has 0 atom stereocenters. The smallest absolute Gasteiger partial charge is 0.317 e. The topological polar surface area (TPSA) is 66.3 Å². The number of amides is 2. The second-order valence-electron chi connectivity index (χ2n) is 6.42. The minimum absolute atomic E-state index is 0.0114. The largest absolute Gasteiger partial charge is 0.345 e. The van der Waals surface area contributed by atoms with Crippen molar-refractivity contribution in [2.75, 3.05) is 31.1 Å². The maximum Gasteiger partial charge on any atom is 0.317 e. The molecule has 7 nitrogen and oxygen atoms in total. The second kappa shape index (κ2) is 8.22. The summed E-state index contributed by atoms with van der Waals surface area (Å²) in [5.41, 5.74) is 2.28. The first-order valence-electron chi connectivity index (χ1n) is 9.01. The van der Waals surface area contributed by atoms with Gasteiger partial charge in [0.1, 0.15) is 0 Å². The number of piperazine rings is 1. The van der Waals surface area contributed by atoms with E-state index in [0.29, 0.717) is 26.2 Å². The molecule has 1 N–H and O–H groups in total. The van der Waals surface area contributed by atoms with Gasteiger partial charge < -0.3 is 15.1 Å². The minimum Gasteiger partial charge on any atom is -0.345 e. The van der Waals surface area contributed by atoms with E-state index < -0.39 is 0 Å². The van der Waals surface area contributed by atoms with Gasteiger partial charge in [0, 0.05) is 56.7 Å². The van der Waals surface area contributed by atoms with Crippen molar-refractivity contribution in [3.63, 3.8) is 0 Å². The molecular weight excluding hydrogens is 360 g/mol. The van der Waals surface area contributed by atoms with E-state index in [4.69, 9.17) is 0 Å². The summed E-state index contributed by atoms with van der Waals surface area (Å²) in [4.78, 5) is 21.0. The molecule has 3 heterocycles. The van der Waals surface area contributed by atoms with Crippen LogP contribution in [0, 0.1) is 0 Å². The summed E-state index contributed by atoms with van der Waals surface area (Å²) in [6.45, 7) is 4.27. The molecule has 3 aromatic rings. The van der Waals surface area contributed by atoms with Crippen molar-refractivity contribution in [3.05, 3.63) is 65.4 Å². The van der Waals surface area contributed by atoms with E-state index in [2.05, 4.69) is 32.4 Å². The van der Waals surface area contributed by atoms with Crippen LogP contribution >= 0.6 is 11.3 Å². The molecule has 140 valence electrons. The van der Waals surface area contributed by atoms with Gasteiger partial charge >= 0.3 is 6.03 Å². The third-order valence-corrected chi connectivity index (χ3v) is 5.53. The molecule has 0 saturated carbocycles. The van der Waals surface area contributed by atoms with Crippen LogP contribution in [0.15, 0.2) is 54.3 Å². The van der Waals surface area contributed by atoms with E-state index in [1.165, 1.54) is 0 Å². The molecule has 1 fully saturated rings. The monoisotopic (exact) mass is 382 g/mol. The number of aromatic nitrogens is 3. The first kappa shape index (κ1) is 17.5. The summed E-state index contributed by atoms with van der Waals surface area (Å²) >= 11 is 1.64. The summed E-state index contributed by atoms with van der Waals surface area (Å²) in [6, 6.07) is 10.1. The van der Waals surface area contributed by atoms with Crippen LogP contribution in [0.25, 0.3) is 0 Å². The van der Waals surface area contributed by atoms with Gasteiger partial charge in [-0.15, -0.1) is 11.3 Å². The highest BCUT2D eigenvalue weighted by atomic mass is 32.1. The Morgan fingerprint density at radius 1 is 1.07 bits per heavy atom. The Hall–Kier alpha value is -2.87. The van der Waals surface area contributed by atoms with Gasteiger partial charge in [0.25, 0.3) is 0 Å². The van der Waals surface area contributed by atoms with Crippen LogP contribution in [0.2, 0.25) is 0 Å². The fraction of sp³-hybridized carbons (Fsp3) is 0.316. The molecule has 8 heteroatoms. The standard InChI is InChI=1S/C19H22N6OS/c26-18(23-9-11-24(12-10-23)19-20-7-13-27-19)21-14-16-4-1-2-5-17(16)15-25-8-3-6-22-25/h1-8,13H,9-12,14-15H2,(H,21,26). The molecule has 27 heavy (non-hydrogen) atoms. The van der Waals surface area contributed by atoms with E-state index in [1.54, 1.807) is 17.5 Å². The summed E-state index contributed by atoms with van der Waals surface area (Å²) in [6.07, 6.45) is 5.53. The number of nitrogens with zero attached hydrogens (tertiary/aromatic N) is 5. The van der Waals surface area contributed by atoms with Crippen LogP contribution < -0.4 is 10.2 Å². The van der Waals surface area contributed by atoms with Crippen LogP contribution in [0.4, 0.5) is 9.93 Å². The Morgan fingerprint density at radius 3 is 2.59 bits per heavy atom. The molecule has 0 bridgehead atoms. The van der Waals surface area contributed by atoms with Crippen LogP contribution in [0.3, 0.4) is 0 Å². The fourth-order valence-electron chi connectivity index (χ4n) is 3.21. The van der Waals surface area contributed by atoms with Gasteiger partial charge in [-0.1, -0.05) is 24.3 Å². The lowest BCUT2D eigenvalue weighted by Crippen LogP contribution is -2.51. The third-order valence-electron chi connectivity index (χ3n) is 4.70. The number of benzene rings is 1. The molecule has 0 radical (unpaired) electrons. The van der Waals surface area contributed by atoms with E-state index in [9.17, 15) is 4.79 Å². The number of nitrogens with one attached hydrogen (secondary N) is 1. The van der Waals surface area contributed by atoms with E-state index in [0.717, 1.165) is 29.3 Å². The summed E-state index contributed by atoms with van der Waals surface area (Å²) < 4.78 is 1.89. The number of carbonyl (C=O) groups excluding carboxylic acids is 1. The number of anilines is 1. The quantitative estimate of drug-likeness (QED) is 0.736. The molecule has 0 aliphatic carbocycles. The molecule has 1 saturated heterocycles. The Bertz CT molecular complexity index is 856. The summed E-state index contributed by atoms with van der Waals surface area (Å²) in [7, 11) is 0. The van der Waals surface area contributed by atoms with Crippen LogP contribution in [0.1, 0.15) is 11.1 Å². The number of hydrogen-bond acceptors (Lipinski definition) is 5. The maximum absolute atomic E-state index is 12.6. The maximum atomic E-state index is 12.6. The normalized spacial score (nSPS) is 14.4. The SMILES string of the molecule is O=C(NCc1ccccc1Cn1cccn1)N1CCN(c2nccs2)CC1. The molecule has 1 aliphatic rings. The van der Waals surface area contributed by atoms with E-state index in [1.807, 2.05) is 45.6 Å². The van der Waals surface area contributed by atoms with Gasteiger partial charge in [-0.05, 0) is 17.2 Å². The van der Waals surface area contributed by atoms with Crippen LogP contribution in [-0.4, -0.2) is 51.9 Å². The van der Waals surface area contributed by atoms with E-state index >= 15 is 0 Å². The first-order chi connectivity index (χ1) is 13.3. The Kier molecular flexibility index (Phi) is 5.34. The van der Waals surface area contributed by atoms with Gasteiger partial charge in [0.2, 0.25) is 0 Å². The van der Waals surface area contributed by atoms with Crippen molar-refractivity contribution in [1.29, 1.82) is 0 Å². The average Bonchev–Trinajstić information content (AvgIpc) is 3.41. The molecule has 1 aromatic carbocycles. The van der Waals surface area contributed by atoms with Crippen molar-refractivity contribution in [3.8, 4) is 0 Å². The molecule has 2 aromatic heterocycles. The van der Waals surface area contributed by atoms with Crippen molar-refractivity contribution in [2.24, 2.45) is 0 Å². The zero-order valence-electron chi connectivity index (χ0n) is 15.0.